The molecule has 0 atom stereocenters. The highest BCUT2D eigenvalue weighted by atomic mass is 32.2. The predicted octanol–water partition coefficient (Wildman–Crippen LogP) is 3.25. The van der Waals surface area contributed by atoms with E-state index in [4.69, 9.17) is 9.57 Å². The lowest BCUT2D eigenvalue weighted by atomic mass is 9.98. The molecule has 0 spiro atoms. The third-order valence-electron chi connectivity index (χ3n) is 5.07. The monoisotopic (exact) mass is 427 g/mol. The lowest BCUT2D eigenvalue weighted by molar-refractivity contribution is 0.0366. The standard InChI is InChI=1S/C21H25N5O3S/c1-24-14-10-22-20(24)30-16-18-3-5-19(6-4-18)29-21(27)25-12-7-17(8-13-25)15-28-26-11-2-9-23-26/h2-6,9-11,14,17H,7-8,12-13,15-16H2,1H3. The van der Waals surface area contributed by atoms with Crippen LogP contribution in [0, 0.1) is 5.92 Å². The molecule has 0 unspecified atom stereocenters. The van der Waals surface area contributed by atoms with E-state index in [1.807, 2.05) is 48.1 Å². The van der Waals surface area contributed by atoms with Gasteiger partial charge < -0.3 is 19.0 Å². The van der Waals surface area contributed by atoms with Gasteiger partial charge in [-0.2, -0.15) is 0 Å². The molecule has 3 aromatic rings. The first-order chi connectivity index (χ1) is 14.7. The Hall–Kier alpha value is -2.94. The summed E-state index contributed by atoms with van der Waals surface area (Å²) in [5, 5.41) is 5.01. The summed E-state index contributed by atoms with van der Waals surface area (Å²) in [6.07, 6.45) is 8.66. The number of aryl methyl sites for hydroxylation is 1. The van der Waals surface area contributed by atoms with Crippen LogP contribution in [0.5, 0.6) is 5.75 Å². The van der Waals surface area contributed by atoms with Crippen molar-refractivity contribution in [3.05, 3.63) is 60.7 Å². The fourth-order valence-electron chi connectivity index (χ4n) is 3.25. The third-order valence-corrected chi connectivity index (χ3v) is 6.20. The molecule has 9 heteroatoms. The molecule has 0 N–H and O–H groups in total. The maximum Gasteiger partial charge on any atom is 0.415 e. The zero-order valence-corrected chi connectivity index (χ0v) is 17.7. The minimum Gasteiger partial charge on any atom is -0.410 e. The minimum atomic E-state index is -0.295. The Morgan fingerprint density at radius 2 is 1.97 bits per heavy atom. The van der Waals surface area contributed by atoms with E-state index < -0.39 is 0 Å². The number of hydrogen-bond acceptors (Lipinski definition) is 6. The average molecular weight is 428 g/mol. The van der Waals surface area contributed by atoms with Gasteiger partial charge in [0.1, 0.15) is 12.4 Å². The molecule has 2 aromatic heterocycles. The van der Waals surface area contributed by atoms with Gasteiger partial charge in [-0.25, -0.2) is 9.78 Å². The van der Waals surface area contributed by atoms with Crippen molar-refractivity contribution < 1.29 is 14.4 Å². The van der Waals surface area contributed by atoms with Crippen LogP contribution in [-0.2, 0) is 12.8 Å². The summed E-state index contributed by atoms with van der Waals surface area (Å²) >= 11 is 1.67. The van der Waals surface area contributed by atoms with Crippen LogP contribution in [0.3, 0.4) is 0 Å². The summed E-state index contributed by atoms with van der Waals surface area (Å²) in [5.41, 5.74) is 1.15. The molecule has 1 aliphatic heterocycles. The first-order valence-electron chi connectivity index (χ1n) is 9.96. The Balaban J connectivity index is 1.20. The number of piperidine rings is 1. The summed E-state index contributed by atoms with van der Waals surface area (Å²) in [5.74, 6) is 1.79. The molecule has 0 radical (unpaired) electrons. The van der Waals surface area contributed by atoms with Crippen molar-refractivity contribution in [2.45, 2.75) is 23.8 Å². The highest BCUT2D eigenvalue weighted by molar-refractivity contribution is 7.98. The van der Waals surface area contributed by atoms with Gasteiger partial charge in [0.15, 0.2) is 5.16 Å². The summed E-state index contributed by atoms with van der Waals surface area (Å²) in [4.78, 5) is 25.6. The van der Waals surface area contributed by atoms with Gasteiger partial charge in [0, 0.05) is 38.3 Å². The van der Waals surface area contributed by atoms with Crippen molar-refractivity contribution >= 4 is 17.9 Å². The zero-order valence-electron chi connectivity index (χ0n) is 16.9. The normalized spacial score (nSPS) is 14.6. The Bertz CT molecular complexity index is 934. The van der Waals surface area contributed by atoms with Gasteiger partial charge in [-0.05, 0) is 42.5 Å². The largest absolute Gasteiger partial charge is 0.415 e. The molecule has 158 valence electrons. The predicted molar refractivity (Wildman–Crippen MR) is 113 cm³/mol. The van der Waals surface area contributed by atoms with E-state index in [1.165, 1.54) is 4.85 Å². The Labute approximate surface area is 179 Å². The van der Waals surface area contributed by atoms with E-state index in [9.17, 15) is 4.79 Å². The van der Waals surface area contributed by atoms with Crippen LogP contribution in [0.25, 0.3) is 0 Å². The van der Waals surface area contributed by atoms with Crippen molar-refractivity contribution in [3.8, 4) is 5.75 Å². The fourth-order valence-corrected chi connectivity index (χ4v) is 4.14. The van der Waals surface area contributed by atoms with Crippen LogP contribution < -0.4 is 9.57 Å². The van der Waals surface area contributed by atoms with Crippen LogP contribution in [0.15, 0.2) is 60.3 Å². The van der Waals surface area contributed by atoms with E-state index in [-0.39, 0.29) is 6.09 Å². The molecule has 1 aliphatic rings. The molecule has 8 nitrogen and oxygen atoms in total. The summed E-state index contributed by atoms with van der Waals surface area (Å²) in [6, 6.07) is 9.48. The summed E-state index contributed by atoms with van der Waals surface area (Å²) in [6.45, 7) is 1.94. The first-order valence-corrected chi connectivity index (χ1v) is 10.9. The van der Waals surface area contributed by atoms with E-state index >= 15 is 0 Å². The maximum absolute atomic E-state index is 12.5. The molecular formula is C21H25N5O3S. The van der Waals surface area contributed by atoms with E-state index in [0.29, 0.717) is 31.4 Å². The van der Waals surface area contributed by atoms with Gasteiger partial charge in [0.25, 0.3) is 0 Å². The highest BCUT2D eigenvalue weighted by Gasteiger charge is 2.24. The van der Waals surface area contributed by atoms with Gasteiger partial charge in [-0.1, -0.05) is 23.9 Å². The smallest absolute Gasteiger partial charge is 0.410 e. The van der Waals surface area contributed by atoms with Crippen molar-refractivity contribution in [3.63, 3.8) is 0 Å². The quantitative estimate of drug-likeness (QED) is 0.539. The number of likely N-dealkylation sites (tertiary alicyclic amines) is 1. The SMILES string of the molecule is Cn1ccnc1SCc1ccc(OC(=O)N2CCC(COn3cccn3)CC2)cc1. The molecule has 0 bridgehead atoms. The van der Waals surface area contributed by atoms with Gasteiger partial charge in [-0.3, -0.25) is 0 Å². The Morgan fingerprint density at radius 3 is 2.63 bits per heavy atom. The van der Waals surface area contributed by atoms with Gasteiger partial charge >= 0.3 is 6.09 Å². The number of ether oxygens (including phenoxy) is 1. The fraction of sp³-hybridized carbons (Fsp3) is 0.381. The van der Waals surface area contributed by atoms with Gasteiger partial charge in [-0.15, -0.1) is 9.94 Å². The molecule has 4 rings (SSSR count). The number of aromatic nitrogens is 4. The second-order valence-electron chi connectivity index (χ2n) is 7.26. The van der Waals surface area contributed by atoms with E-state index in [2.05, 4.69) is 10.1 Å². The van der Waals surface area contributed by atoms with Crippen LogP contribution in [0.2, 0.25) is 0 Å². The maximum atomic E-state index is 12.5. The molecule has 1 aromatic carbocycles. The molecule has 1 amide bonds. The van der Waals surface area contributed by atoms with E-state index in [0.717, 1.165) is 29.3 Å². The van der Waals surface area contributed by atoms with Crippen molar-refractivity contribution in [2.75, 3.05) is 19.7 Å². The number of amides is 1. The number of nitrogens with zero attached hydrogens (tertiary/aromatic N) is 5. The second-order valence-corrected chi connectivity index (χ2v) is 8.20. The third kappa shape index (κ3) is 5.35. The Morgan fingerprint density at radius 1 is 1.17 bits per heavy atom. The van der Waals surface area contributed by atoms with Crippen LogP contribution in [0.4, 0.5) is 4.79 Å². The summed E-state index contributed by atoms with van der Waals surface area (Å²) in [7, 11) is 1.98. The van der Waals surface area contributed by atoms with Crippen LogP contribution >= 0.6 is 11.8 Å². The van der Waals surface area contributed by atoms with Crippen molar-refractivity contribution in [2.24, 2.45) is 13.0 Å². The van der Waals surface area contributed by atoms with Crippen LogP contribution in [0.1, 0.15) is 18.4 Å². The Kier molecular flexibility index (Phi) is 6.58. The minimum absolute atomic E-state index is 0.295. The lowest BCUT2D eigenvalue weighted by Crippen LogP contribution is -2.41. The molecular weight excluding hydrogens is 402 g/mol. The number of carbonyl (C=O) groups excluding carboxylic acids is 1. The number of benzene rings is 1. The topological polar surface area (TPSA) is 74.4 Å². The number of imidazole rings is 1. The molecule has 0 aliphatic carbocycles. The molecule has 0 saturated carbocycles. The average Bonchev–Trinajstić information content (AvgIpc) is 3.44. The first kappa shape index (κ1) is 20.3. The van der Waals surface area contributed by atoms with E-state index in [1.54, 1.807) is 35.3 Å². The number of thioether (sulfide) groups is 1. The number of hydrogen-bond donors (Lipinski definition) is 0. The van der Waals surface area contributed by atoms with Crippen molar-refractivity contribution in [1.29, 1.82) is 0 Å². The van der Waals surface area contributed by atoms with Gasteiger partial charge in [0.2, 0.25) is 0 Å². The molecule has 1 saturated heterocycles. The molecule has 3 heterocycles. The molecule has 30 heavy (non-hydrogen) atoms. The summed E-state index contributed by atoms with van der Waals surface area (Å²) < 4.78 is 7.54. The van der Waals surface area contributed by atoms with Crippen molar-refractivity contribution in [1.82, 2.24) is 24.4 Å². The van der Waals surface area contributed by atoms with Crippen LogP contribution in [-0.4, -0.2) is 50.2 Å². The number of rotatable bonds is 7. The second kappa shape index (κ2) is 9.71. The lowest BCUT2D eigenvalue weighted by Gasteiger charge is -2.30. The molecule has 1 fully saturated rings. The van der Waals surface area contributed by atoms with Gasteiger partial charge in [0.05, 0.1) is 12.4 Å². The highest BCUT2D eigenvalue weighted by Crippen LogP contribution is 2.23. The zero-order chi connectivity index (χ0) is 20.8. The number of carbonyl (C=O) groups is 1.